The maximum absolute atomic E-state index is 13.9. The lowest BCUT2D eigenvalue weighted by Gasteiger charge is -2.41. The fourth-order valence-corrected chi connectivity index (χ4v) is 5.28. The number of amides is 3. The monoisotopic (exact) mass is 659 g/mol. The molecular weight excluding hydrogens is 616 g/mol. The number of nitrogens with zero attached hydrogens (tertiary/aromatic N) is 2. The van der Waals surface area contributed by atoms with Gasteiger partial charge in [0.25, 0.3) is 11.8 Å². The van der Waals surface area contributed by atoms with Gasteiger partial charge in [0.1, 0.15) is 30.8 Å². The Hall–Kier alpha value is -4.01. The van der Waals surface area contributed by atoms with E-state index in [1.165, 1.54) is 18.0 Å². The minimum atomic E-state index is -2.15. The van der Waals surface area contributed by atoms with Gasteiger partial charge in [-0.2, -0.15) is 0 Å². The van der Waals surface area contributed by atoms with E-state index in [0.29, 0.717) is 24.9 Å². The van der Waals surface area contributed by atoms with Gasteiger partial charge in [-0.3, -0.25) is 29.2 Å². The fourth-order valence-electron chi connectivity index (χ4n) is 5.28. The molecule has 4 rings (SSSR count). The Balaban J connectivity index is 1.54. The van der Waals surface area contributed by atoms with Gasteiger partial charge in [-0.25, -0.2) is 14.2 Å². The van der Waals surface area contributed by atoms with E-state index in [4.69, 9.17) is 19.9 Å². The van der Waals surface area contributed by atoms with E-state index in [-0.39, 0.29) is 0 Å². The van der Waals surface area contributed by atoms with Gasteiger partial charge in [0.15, 0.2) is 6.10 Å². The van der Waals surface area contributed by atoms with Gasteiger partial charge < -0.3 is 25.3 Å². The summed E-state index contributed by atoms with van der Waals surface area (Å²) >= 11 is 0. The summed E-state index contributed by atoms with van der Waals surface area (Å²) < 4.78 is 44.1. The van der Waals surface area contributed by atoms with Crippen molar-refractivity contribution in [2.24, 2.45) is 17.1 Å². The van der Waals surface area contributed by atoms with Crippen LogP contribution in [0.4, 0.5) is 8.78 Å². The topological polar surface area (TPSA) is 162 Å². The number of aromatic nitrogens is 1. The molecule has 3 atom stereocenters. The van der Waals surface area contributed by atoms with E-state index >= 15 is 0 Å². The van der Waals surface area contributed by atoms with E-state index < -0.39 is 85.6 Å². The van der Waals surface area contributed by atoms with Crippen molar-refractivity contribution in [2.45, 2.75) is 70.9 Å². The maximum atomic E-state index is 13.9. The molecule has 12 nitrogen and oxygen atoms in total. The molecule has 47 heavy (non-hydrogen) atoms. The first-order valence-electron chi connectivity index (χ1n) is 15.7. The molecule has 256 valence electrons. The predicted octanol–water partition coefficient (Wildman–Crippen LogP) is 2.53. The average molecular weight is 660 g/mol. The van der Waals surface area contributed by atoms with Crippen LogP contribution in [-0.2, 0) is 39.8 Å². The lowest BCUT2D eigenvalue weighted by atomic mass is 9.87. The molecule has 0 spiro atoms. The molecule has 4 N–H and O–H groups in total. The summed E-state index contributed by atoms with van der Waals surface area (Å²) in [6.07, 6.45) is 3.56. The highest BCUT2D eigenvalue weighted by Crippen LogP contribution is 2.35. The second-order valence-corrected chi connectivity index (χ2v) is 12.4. The summed E-state index contributed by atoms with van der Waals surface area (Å²) in [6.45, 7) is 3.59. The Morgan fingerprint density at radius 3 is 2.45 bits per heavy atom. The highest BCUT2D eigenvalue weighted by Gasteiger charge is 2.50. The Morgan fingerprint density at radius 1 is 1.15 bits per heavy atom. The molecule has 0 radical (unpaired) electrons. The summed E-state index contributed by atoms with van der Waals surface area (Å²) in [5, 5.41) is 4.76. The van der Waals surface area contributed by atoms with Gasteiger partial charge in [-0.05, 0) is 49.8 Å². The molecule has 0 bridgehead atoms. The fraction of sp³-hybridized carbons (Fsp3) is 0.545. The van der Waals surface area contributed by atoms with E-state index in [9.17, 15) is 28.0 Å². The molecule has 2 fully saturated rings. The standard InChI is InChI=1S/C33H43F2N5O7/c1-5-24-11-10-23-9-8-22(15-26(23)38-24)12-13-32(18-45-33(16-34,17-35)46-19-32)31(44)47-27(20(2)3)29(42)37-21(4)30(43)40-14-6-7-25(39-40)28(36)41/h8-13,15,20-21,25,27,39H,5-7,14,16-19H2,1-4H3,(H2,36,41)(H,37,42)/b13-12+. The van der Waals surface area contributed by atoms with Crippen molar-refractivity contribution in [1.29, 1.82) is 0 Å². The molecule has 14 heteroatoms. The van der Waals surface area contributed by atoms with Crippen molar-refractivity contribution < 1.29 is 42.2 Å². The van der Waals surface area contributed by atoms with Crippen LogP contribution in [0.5, 0.6) is 0 Å². The van der Waals surface area contributed by atoms with Crippen LogP contribution in [-0.4, -0.2) is 90.8 Å². The number of carbonyl (C=O) groups excluding carboxylic acids is 4. The molecule has 2 aromatic rings. The third-order valence-electron chi connectivity index (χ3n) is 8.35. The van der Waals surface area contributed by atoms with Crippen LogP contribution in [0.2, 0.25) is 0 Å². The zero-order valence-electron chi connectivity index (χ0n) is 27.1. The van der Waals surface area contributed by atoms with Gasteiger partial charge >= 0.3 is 5.97 Å². The molecule has 3 heterocycles. The molecule has 3 unspecified atom stereocenters. The molecular formula is C33H43F2N5O7. The number of hydrogen-bond acceptors (Lipinski definition) is 9. The largest absolute Gasteiger partial charge is 0.451 e. The molecule has 2 saturated heterocycles. The Labute approximate surface area is 272 Å². The Kier molecular flexibility index (Phi) is 11.6. The van der Waals surface area contributed by atoms with Gasteiger partial charge in [0, 0.05) is 17.6 Å². The van der Waals surface area contributed by atoms with Crippen LogP contribution in [0.3, 0.4) is 0 Å². The number of rotatable bonds is 12. The summed E-state index contributed by atoms with van der Waals surface area (Å²) in [7, 11) is 0. The molecule has 2 aliphatic heterocycles. The smallest absolute Gasteiger partial charge is 0.321 e. The number of aryl methyl sites for hydroxylation is 1. The van der Waals surface area contributed by atoms with Gasteiger partial charge in [0.05, 0.1) is 18.7 Å². The van der Waals surface area contributed by atoms with Crippen LogP contribution in [0.25, 0.3) is 17.0 Å². The summed E-state index contributed by atoms with van der Waals surface area (Å²) in [6, 6.07) is 7.72. The van der Waals surface area contributed by atoms with E-state index in [0.717, 1.165) is 23.0 Å². The number of primary amides is 1. The second kappa shape index (κ2) is 15.3. The van der Waals surface area contributed by atoms with Crippen molar-refractivity contribution in [2.75, 3.05) is 33.1 Å². The van der Waals surface area contributed by atoms with Gasteiger partial charge in [-0.1, -0.05) is 51.1 Å². The number of alkyl halides is 2. The zero-order valence-corrected chi connectivity index (χ0v) is 27.1. The first kappa shape index (κ1) is 35.8. The van der Waals surface area contributed by atoms with E-state index in [2.05, 4.69) is 15.7 Å². The van der Waals surface area contributed by atoms with Crippen LogP contribution >= 0.6 is 0 Å². The molecule has 1 aromatic heterocycles. The minimum Gasteiger partial charge on any atom is -0.451 e. The normalized spacial score (nSPS) is 20.6. The molecule has 0 aliphatic carbocycles. The molecule has 0 saturated carbocycles. The SMILES string of the molecule is CCc1ccc2ccc(/C=C/C3(C(=O)OC(C(=O)NC(C)C(=O)N4CCCC(C(N)=O)N4)C(C)C)COC(CF)(CF)OC3)cc2n1. The highest BCUT2D eigenvalue weighted by atomic mass is 19.1. The van der Waals surface area contributed by atoms with Crippen molar-refractivity contribution >= 4 is 40.7 Å². The average Bonchev–Trinajstić information content (AvgIpc) is 3.08. The first-order chi connectivity index (χ1) is 22.4. The maximum Gasteiger partial charge on any atom is 0.321 e. The predicted molar refractivity (Wildman–Crippen MR) is 169 cm³/mol. The second-order valence-electron chi connectivity index (χ2n) is 12.4. The quantitative estimate of drug-likeness (QED) is 0.291. The number of esters is 1. The van der Waals surface area contributed by atoms with Crippen LogP contribution < -0.4 is 16.5 Å². The van der Waals surface area contributed by atoms with E-state index in [1.807, 2.05) is 37.3 Å². The number of nitrogens with two attached hydrogens (primary N) is 1. The number of pyridine rings is 1. The number of carbonyl (C=O) groups is 4. The number of hydrazine groups is 1. The number of ether oxygens (including phenoxy) is 3. The van der Waals surface area contributed by atoms with Crippen LogP contribution in [0.15, 0.2) is 36.4 Å². The van der Waals surface area contributed by atoms with Crippen molar-refractivity contribution in [3.8, 4) is 0 Å². The number of halogens is 2. The third-order valence-corrected chi connectivity index (χ3v) is 8.35. The lowest BCUT2D eigenvalue weighted by molar-refractivity contribution is -0.305. The van der Waals surface area contributed by atoms with Crippen LogP contribution in [0.1, 0.15) is 51.8 Å². The first-order valence-corrected chi connectivity index (χ1v) is 15.7. The number of hydrogen-bond donors (Lipinski definition) is 3. The summed E-state index contributed by atoms with van der Waals surface area (Å²) in [5.74, 6) is -5.43. The van der Waals surface area contributed by atoms with E-state index in [1.54, 1.807) is 19.9 Å². The molecule has 2 aliphatic rings. The van der Waals surface area contributed by atoms with Crippen molar-refractivity contribution in [3.05, 3.63) is 47.7 Å². The van der Waals surface area contributed by atoms with Crippen molar-refractivity contribution in [1.82, 2.24) is 20.7 Å². The Bertz CT molecular complexity index is 1490. The van der Waals surface area contributed by atoms with Gasteiger partial charge in [0.2, 0.25) is 11.7 Å². The molecule has 1 aromatic carbocycles. The summed E-state index contributed by atoms with van der Waals surface area (Å²) in [5.41, 5.74) is 8.84. The Morgan fingerprint density at radius 2 is 1.83 bits per heavy atom. The zero-order chi connectivity index (χ0) is 34.4. The van der Waals surface area contributed by atoms with Gasteiger partial charge in [-0.15, -0.1) is 0 Å². The highest BCUT2D eigenvalue weighted by molar-refractivity contribution is 5.91. The minimum absolute atomic E-state index is 0.312. The summed E-state index contributed by atoms with van der Waals surface area (Å²) in [4.78, 5) is 56.6. The number of nitrogens with one attached hydrogen (secondary N) is 2. The third kappa shape index (κ3) is 8.29. The van der Waals surface area contributed by atoms with Crippen molar-refractivity contribution in [3.63, 3.8) is 0 Å². The molecule has 3 amide bonds. The number of benzene rings is 1. The van der Waals surface area contributed by atoms with Crippen LogP contribution in [0, 0.1) is 11.3 Å². The lowest BCUT2D eigenvalue weighted by Crippen LogP contribution is -2.61. The number of fused-ring (bicyclic) bond motifs is 1.